The first-order valence-corrected chi connectivity index (χ1v) is 2.81. The molecule has 0 saturated carbocycles. The minimum absolute atomic E-state index is 0.785. The summed E-state index contributed by atoms with van der Waals surface area (Å²) in [6, 6.07) is 0. The lowest BCUT2D eigenvalue weighted by Crippen LogP contribution is -1.76. The van der Waals surface area contributed by atoms with Crippen molar-refractivity contribution in [1.82, 2.24) is 0 Å². The molecule has 0 aromatic carbocycles. The zero-order chi connectivity index (χ0) is 7.28. The van der Waals surface area contributed by atoms with Gasteiger partial charge in [0.15, 0.2) is 0 Å². The first-order valence-electron chi connectivity index (χ1n) is 2.81. The molecule has 0 saturated heterocycles. The van der Waals surface area contributed by atoms with Gasteiger partial charge in [0.1, 0.15) is 0 Å². The van der Waals surface area contributed by atoms with E-state index in [9.17, 15) is 0 Å². The van der Waals surface area contributed by atoms with Crippen molar-refractivity contribution in [3.8, 4) is 0 Å². The molecule has 0 nitrogen and oxygen atoms in total. The van der Waals surface area contributed by atoms with Crippen LogP contribution in [-0.2, 0) is 0 Å². The highest BCUT2D eigenvalue weighted by molar-refractivity contribution is 5.24. The summed E-state index contributed by atoms with van der Waals surface area (Å²) in [7, 11) is 0. The molecule has 0 aliphatic heterocycles. The molecule has 0 radical (unpaired) electrons. The standard InChI is InChI=1S/C9H12/c1-5-8(3)7-9(4)6-2/h5-6H,1-4,7H2. The van der Waals surface area contributed by atoms with Crippen LogP contribution in [0.4, 0.5) is 0 Å². The first kappa shape index (κ1) is 7.96. The highest BCUT2D eigenvalue weighted by Crippen LogP contribution is 2.07. The molecular formula is C9H12. The van der Waals surface area contributed by atoms with Crippen molar-refractivity contribution < 1.29 is 0 Å². The second-order valence-electron chi connectivity index (χ2n) is 1.90. The third-order valence-corrected chi connectivity index (χ3v) is 1.03. The number of allylic oxidation sites excluding steroid dienone is 4. The van der Waals surface area contributed by atoms with Gasteiger partial charge in [-0.25, -0.2) is 0 Å². The van der Waals surface area contributed by atoms with Gasteiger partial charge in [0, 0.05) is 0 Å². The summed E-state index contributed by atoms with van der Waals surface area (Å²) in [5.41, 5.74) is 1.97. The van der Waals surface area contributed by atoms with Crippen molar-refractivity contribution in [3.63, 3.8) is 0 Å². The van der Waals surface area contributed by atoms with Crippen LogP contribution in [0.3, 0.4) is 0 Å². The molecule has 0 heteroatoms. The first-order chi connectivity index (χ1) is 4.20. The fourth-order valence-corrected chi connectivity index (χ4v) is 0.436. The van der Waals surface area contributed by atoms with Crippen LogP contribution in [0.15, 0.2) is 49.6 Å². The SMILES string of the molecule is C=CC(=C)CC(=C)C=C. The third kappa shape index (κ3) is 3.53. The second-order valence-corrected chi connectivity index (χ2v) is 1.90. The van der Waals surface area contributed by atoms with Crippen molar-refractivity contribution in [3.05, 3.63) is 49.6 Å². The topological polar surface area (TPSA) is 0 Å². The van der Waals surface area contributed by atoms with Crippen LogP contribution in [0.5, 0.6) is 0 Å². The molecule has 0 aromatic rings. The average Bonchev–Trinajstić information content (AvgIpc) is 1.87. The Morgan fingerprint density at radius 2 is 1.33 bits per heavy atom. The molecule has 0 aliphatic carbocycles. The maximum absolute atomic E-state index is 3.73. The van der Waals surface area contributed by atoms with E-state index in [1.165, 1.54) is 0 Å². The van der Waals surface area contributed by atoms with Gasteiger partial charge < -0.3 is 0 Å². The molecule has 0 atom stereocenters. The van der Waals surface area contributed by atoms with Gasteiger partial charge >= 0.3 is 0 Å². The van der Waals surface area contributed by atoms with Gasteiger partial charge in [0.2, 0.25) is 0 Å². The van der Waals surface area contributed by atoms with Crippen molar-refractivity contribution in [1.29, 1.82) is 0 Å². The summed E-state index contributed by atoms with van der Waals surface area (Å²) in [5, 5.41) is 0. The monoisotopic (exact) mass is 120 g/mol. The smallest absolute Gasteiger partial charge is 0.00379 e. The molecule has 0 amide bonds. The largest absolute Gasteiger partial charge is 0.0988 e. The van der Waals surface area contributed by atoms with E-state index in [4.69, 9.17) is 0 Å². The summed E-state index contributed by atoms with van der Waals surface area (Å²) < 4.78 is 0. The lowest BCUT2D eigenvalue weighted by molar-refractivity contribution is 1.23. The summed E-state index contributed by atoms with van der Waals surface area (Å²) in [6.07, 6.45) is 4.25. The Kier molecular flexibility index (Phi) is 3.45. The van der Waals surface area contributed by atoms with E-state index in [-0.39, 0.29) is 0 Å². The van der Waals surface area contributed by atoms with Crippen LogP contribution in [0.2, 0.25) is 0 Å². The molecule has 0 bridgehead atoms. The molecule has 9 heavy (non-hydrogen) atoms. The Bertz CT molecular complexity index is 131. The Morgan fingerprint density at radius 3 is 1.56 bits per heavy atom. The van der Waals surface area contributed by atoms with Crippen molar-refractivity contribution >= 4 is 0 Å². The zero-order valence-corrected chi connectivity index (χ0v) is 5.69. The summed E-state index contributed by atoms with van der Waals surface area (Å²) >= 11 is 0. The Balaban J connectivity index is 3.73. The highest BCUT2D eigenvalue weighted by atomic mass is 13.9. The minimum atomic E-state index is 0.785. The second kappa shape index (κ2) is 3.90. The summed E-state index contributed by atoms with van der Waals surface area (Å²) in [5.74, 6) is 0. The maximum atomic E-state index is 3.73. The molecule has 0 rings (SSSR count). The van der Waals surface area contributed by atoms with Crippen LogP contribution in [0, 0.1) is 0 Å². The van der Waals surface area contributed by atoms with E-state index in [0.29, 0.717) is 0 Å². The normalized spacial score (nSPS) is 8.00. The summed E-state index contributed by atoms with van der Waals surface area (Å²) in [4.78, 5) is 0. The van der Waals surface area contributed by atoms with E-state index in [1.807, 2.05) is 0 Å². The molecule has 0 unspecified atom stereocenters. The molecule has 0 spiro atoms. The van der Waals surface area contributed by atoms with Crippen LogP contribution in [0.1, 0.15) is 6.42 Å². The van der Waals surface area contributed by atoms with Gasteiger partial charge in [-0.1, -0.05) is 49.6 Å². The molecular weight excluding hydrogens is 108 g/mol. The minimum Gasteiger partial charge on any atom is -0.0988 e. The molecule has 0 N–H and O–H groups in total. The number of hydrogen-bond donors (Lipinski definition) is 0. The lowest BCUT2D eigenvalue weighted by atomic mass is 10.1. The van der Waals surface area contributed by atoms with Gasteiger partial charge in [-0.2, -0.15) is 0 Å². The van der Waals surface area contributed by atoms with Crippen LogP contribution >= 0.6 is 0 Å². The van der Waals surface area contributed by atoms with Crippen molar-refractivity contribution in [2.45, 2.75) is 6.42 Å². The number of hydrogen-bond acceptors (Lipinski definition) is 0. The van der Waals surface area contributed by atoms with Crippen molar-refractivity contribution in [2.24, 2.45) is 0 Å². The Morgan fingerprint density at radius 1 is 1.00 bits per heavy atom. The Hall–Kier alpha value is -1.04. The predicted octanol–water partition coefficient (Wildman–Crippen LogP) is 2.86. The van der Waals surface area contributed by atoms with E-state index in [0.717, 1.165) is 17.6 Å². The predicted molar refractivity (Wildman–Crippen MR) is 43.3 cm³/mol. The molecule has 0 aliphatic rings. The molecule has 0 fully saturated rings. The van der Waals surface area contributed by atoms with E-state index >= 15 is 0 Å². The fourth-order valence-electron chi connectivity index (χ4n) is 0.436. The molecule has 0 aromatic heterocycles. The highest BCUT2D eigenvalue weighted by Gasteiger charge is 1.87. The van der Waals surface area contributed by atoms with Gasteiger partial charge in [0.05, 0.1) is 0 Å². The summed E-state index contributed by atoms with van der Waals surface area (Å²) in [6.45, 7) is 14.6. The van der Waals surface area contributed by atoms with Gasteiger partial charge in [-0.05, 0) is 6.42 Å². The molecule has 48 valence electrons. The van der Waals surface area contributed by atoms with Gasteiger partial charge in [-0.3, -0.25) is 0 Å². The van der Waals surface area contributed by atoms with Crippen LogP contribution in [0.25, 0.3) is 0 Å². The number of rotatable bonds is 4. The third-order valence-electron chi connectivity index (χ3n) is 1.03. The van der Waals surface area contributed by atoms with Gasteiger partial charge in [0.25, 0.3) is 0 Å². The quantitative estimate of drug-likeness (QED) is 0.500. The maximum Gasteiger partial charge on any atom is -0.00379 e. The molecule has 0 heterocycles. The van der Waals surface area contributed by atoms with Gasteiger partial charge in [-0.15, -0.1) is 0 Å². The van der Waals surface area contributed by atoms with E-state index in [1.54, 1.807) is 12.2 Å². The fraction of sp³-hybridized carbons (Fsp3) is 0.111. The zero-order valence-electron chi connectivity index (χ0n) is 5.69. The van der Waals surface area contributed by atoms with Crippen molar-refractivity contribution in [2.75, 3.05) is 0 Å². The van der Waals surface area contributed by atoms with Crippen LogP contribution < -0.4 is 0 Å². The average molecular weight is 120 g/mol. The Labute approximate surface area is 56.9 Å². The van der Waals surface area contributed by atoms with E-state index in [2.05, 4.69) is 26.3 Å². The van der Waals surface area contributed by atoms with Crippen LogP contribution in [-0.4, -0.2) is 0 Å². The lowest BCUT2D eigenvalue weighted by Gasteiger charge is -1.96. The van der Waals surface area contributed by atoms with E-state index < -0.39 is 0 Å².